The lowest BCUT2D eigenvalue weighted by Crippen LogP contribution is -2.47. The minimum atomic E-state index is -0.430. The van der Waals surface area contributed by atoms with E-state index in [2.05, 4.69) is 10.4 Å². The van der Waals surface area contributed by atoms with Crippen molar-refractivity contribution in [3.63, 3.8) is 0 Å². The average Bonchev–Trinajstić information content (AvgIpc) is 3.36. The lowest BCUT2D eigenvalue weighted by molar-refractivity contribution is -0.132. The largest absolute Gasteiger partial charge is 0.383 e. The molecule has 0 radical (unpaired) electrons. The van der Waals surface area contributed by atoms with Crippen LogP contribution in [0.1, 0.15) is 31.4 Å². The molecule has 1 fully saturated rings. The Morgan fingerprint density at radius 3 is 2.42 bits per heavy atom. The monoisotopic (exact) mass is 464 g/mol. The summed E-state index contributed by atoms with van der Waals surface area (Å²) in [7, 11) is 3.32. The minimum Gasteiger partial charge on any atom is -0.383 e. The van der Waals surface area contributed by atoms with Crippen LogP contribution in [0.15, 0.2) is 41.7 Å². The second kappa shape index (κ2) is 9.20. The number of ether oxygens (including phenoxy) is 2. The molecule has 9 heteroatoms. The topological polar surface area (TPSA) is 68.6 Å². The number of benzene rings is 1. The van der Waals surface area contributed by atoms with E-state index in [1.807, 2.05) is 28.6 Å². The summed E-state index contributed by atoms with van der Waals surface area (Å²) >= 11 is 12.5. The van der Waals surface area contributed by atoms with E-state index >= 15 is 0 Å². The van der Waals surface area contributed by atoms with E-state index < -0.39 is 6.04 Å². The number of methoxy groups -OCH3 is 2. The van der Waals surface area contributed by atoms with E-state index in [1.165, 1.54) is 0 Å². The molecule has 31 heavy (non-hydrogen) atoms. The molecule has 0 spiro atoms. The molecule has 2 aliphatic heterocycles. The second-order valence-corrected chi connectivity index (χ2v) is 8.72. The smallest absolute Gasteiger partial charge is 0.254 e. The zero-order valence-corrected chi connectivity index (χ0v) is 19.3. The molecule has 3 atom stereocenters. The van der Waals surface area contributed by atoms with Gasteiger partial charge < -0.3 is 19.7 Å². The van der Waals surface area contributed by atoms with Crippen molar-refractivity contribution in [3.05, 3.63) is 57.3 Å². The van der Waals surface area contributed by atoms with E-state index in [0.717, 1.165) is 29.9 Å². The third-order valence-electron chi connectivity index (χ3n) is 5.97. The summed E-state index contributed by atoms with van der Waals surface area (Å²) < 4.78 is 12.6. The van der Waals surface area contributed by atoms with Gasteiger partial charge in [0.2, 0.25) is 0 Å². The number of nitrogens with zero attached hydrogens (tertiary/aromatic N) is 3. The number of aromatic nitrogens is 2. The molecule has 2 aromatic rings. The Labute approximate surface area is 191 Å². The van der Waals surface area contributed by atoms with E-state index in [1.54, 1.807) is 32.5 Å². The Balaban J connectivity index is 1.79. The van der Waals surface area contributed by atoms with Crippen LogP contribution in [0.25, 0.3) is 0 Å². The van der Waals surface area contributed by atoms with Crippen LogP contribution in [0.4, 0.5) is 5.82 Å². The fourth-order valence-corrected chi connectivity index (χ4v) is 4.92. The molecule has 0 aliphatic carbocycles. The fraction of sp³-hybridized carbons (Fsp3) is 0.455. The van der Waals surface area contributed by atoms with Crippen molar-refractivity contribution in [2.75, 3.05) is 32.8 Å². The van der Waals surface area contributed by atoms with Gasteiger partial charge >= 0.3 is 0 Å². The summed E-state index contributed by atoms with van der Waals surface area (Å²) in [6.45, 7) is 2.88. The summed E-state index contributed by atoms with van der Waals surface area (Å²) in [4.78, 5) is 16.0. The van der Waals surface area contributed by atoms with E-state index in [0.29, 0.717) is 28.8 Å². The van der Waals surface area contributed by atoms with Crippen LogP contribution >= 0.6 is 23.2 Å². The second-order valence-electron chi connectivity index (χ2n) is 7.91. The third-order valence-corrected chi connectivity index (χ3v) is 6.71. The molecule has 2 unspecified atom stereocenters. The van der Waals surface area contributed by atoms with Gasteiger partial charge in [-0.05, 0) is 37.5 Å². The Morgan fingerprint density at radius 2 is 1.81 bits per heavy atom. The molecule has 166 valence electrons. The number of hydrogen-bond acceptors (Lipinski definition) is 5. The van der Waals surface area contributed by atoms with Gasteiger partial charge in [-0.1, -0.05) is 29.3 Å². The van der Waals surface area contributed by atoms with Crippen molar-refractivity contribution >= 4 is 34.9 Å². The predicted octanol–water partition coefficient (Wildman–Crippen LogP) is 4.13. The molecule has 1 N–H and O–H groups in total. The molecule has 4 rings (SSSR count). The fourth-order valence-electron chi connectivity index (χ4n) is 4.62. The number of nitrogens with one attached hydrogen (secondary N) is 1. The lowest BCUT2D eigenvalue weighted by Gasteiger charge is -2.36. The third kappa shape index (κ3) is 4.07. The minimum absolute atomic E-state index is 0.00794. The summed E-state index contributed by atoms with van der Waals surface area (Å²) in [5, 5.41) is 8.72. The maximum atomic E-state index is 14.1. The van der Waals surface area contributed by atoms with Gasteiger partial charge in [-0.2, -0.15) is 5.10 Å². The van der Waals surface area contributed by atoms with Gasteiger partial charge in [-0.25, -0.2) is 4.68 Å². The van der Waals surface area contributed by atoms with Crippen molar-refractivity contribution in [3.8, 4) is 0 Å². The first-order valence-electron chi connectivity index (χ1n) is 10.2. The first kappa shape index (κ1) is 22.1. The Kier molecular flexibility index (Phi) is 6.57. The van der Waals surface area contributed by atoms with Gasteiger partial charge in [0.05, 0.1) is 47.1 Å². The van der Waals surface area contributed by atoms with Crippen LogP contribution in [0.2, 0.25) is 10.0 Å². The lowest BCUT2D eigenvalue weighted by atomic mass is 9.94. The number of allylic oxidation sites excluding steroid dienone is 1. The highest BCUT2D eigenvalue weighted by Crippen LogP contribution is 2.40. The van der Waals surface area contributed by atoms with Crippen molar-refractivity contribution in [1.29, 1.82) is 0 Å². The molecule has 0 bridgehead atoms. The number of anilines is 1. The normalized spacial score (nSPS) is 23.1. The quantitative estimate of drug-likeness (QED) is 0.695. The highest BCUT2D eigenvalue weighted by atomic mass is 35.5. The number of rotatable bonds is 6. The first-order valence-corrected chi connectivity index (χ1v) is 11.0. The van der Waals surface area contributed by atoms with Crippen molar-refractivity contribution in [2.45, 2.75) is 37.9 Å². The number of amides is 1. The van der Waals surface area contributed by atoms with Gasteiger partial charge in [0.25, 0.3) is 5.91 Å². The number of carbonyl (C=O) groups is 1. The van der Waals surface area contributed by atoms with Gasteiger partial charge in [-0.3, -0.25) is 4.79 Å². The highest BCUT2D eigenvalue weighted by Gasteiger charge is 2.42. The van der Waals surface area contributed by atoms with Crippen LogP contribution in [0, 0.1) is 0 Å². The van der Waals surface area contributed by atoms with Gasteiger partial charge in [0, 0.05) is 26.0 Å². The Hall–Kier alpha value is -2.06. The number of likely N-dealkylation sites (tertiary alicyclic amines) is 1. The van der Waals surface area contributed by atoms with Crippen LogP contribution in [0.5, 0.6) is 0 Å². The maximum Gasteiger partial charge on any atom is 0.254 e. The summed E-state index contributed by atoms with van der Waals surface area (Å²) in [5.41, 5.74) is 2.25. The van der Waals surface area contributed by atoms with Crippen molar-refractivity contribution < 1.29 is 14.3 Å². The molecule has 1 aromatic heterocycles. The molecular weight excluding hydrogens is 439 g/mol. The zero-order valence-electron chi connectivity index (χ0n) is 17.8. The molecule has 1 aromatic carbocycles. The van der Waals surface area contributed by atoms with Crippen LogP contribution in [-0.4, -0.2) is 60.1 Å². The first-order chi connectivity index (χ1) is 15.0. The van der Waals surface area contributed by atoms with Gasteiger partial charge in [0.15, 0.2) is 0 Å². The maximum absolute atomic E-state index is 14.1. The van der Waals surface area contributed by atoms with Gasteiger partial charge in [-0.15, -0.1) is 0 Å². The van der Waals surface area contributed by atoms with Crippen LogP contribution < -0.4 is 5.32 Å². The molecule has 3 heterocycles. The van der Waals surface area contributed by atoms with Crippen molar-refractivity contribution in [2.24, 2.45) is 0 Å². The van der Waals surface area contributed by atoms with E-state index in [4.69, 9.17) is 32.7 Å². The summed E-state index contributed by atoms with van der Waals surface area (Å²) in [5.74, 6) is 0.761. The van der Waals surface area contributed by atoms with E-state index in [9.17, 15) is 4.79 Å². The molecule has 1 amide bonds. The molecule has 1 saturated heterocycles. The summed E-state index contributed by atoms with van der Waals surface area (Å²) in [6, 6.07) is 6.87. The molecule has 7 nitrogen and oxygen atoms in total. The van der Waals surface area contributed by atoms with Crippen molar-refractivity contribution in [1.82, 2.24) is 14.7 Å². The number of hydrogen-bond donors (Lipinski definition) is 1. The highest BCUT2D eigenvalue weighted by molar-refractivity contribution is 6.42. The SMILES string of the molecule is COCC1CC[C@H](COC)N1C(=O)C1=C(C)Nc2ccnn2C1c1ccc(Cl)c(Cl)c1. The molecular formula is C22H26Cl2N4O3. The summed E-state index contributed by atoms with van der Waals surface area (Å²) in [6.07, 6.45) is 3.46. The zero-order chi connectivity index (χ0) is 22.1. The average molecular weight is 465 g/mol. The van der Waals surface area contributed by atoms with E-state index in [-0.39, 0.29) is 18.0 Å². The van der Waals surface area contributed by atoms with Gasteiger partial charge in [0.1, 0.15) is 11.9 Å². The van der Waals surface area contributed by atoms with Crippen LogP contribution in [-0.2, 0) is 14.3 Å². The standard InChI is InChI=1S/C22H26Cl2N4O3/c1-13-20(22(29)27-15(11-30-2)5-6-16(27)12-31-3)21(28-19(26-13)8-9-25-28)14-4-7-17(23)18(24)10-14/h4,7-10,15-16,21,26H,5-6,11-12H2,1-3H3/t15-,16?,21?/m1/s1. The predicted molar refractivity (Wildman–Crippen MR) is 121 cm³/mol. The number of halogens is 2. The molecule has 2 aliphatic rings. The number of carbonyl (C=O) groups excluding carboxylic acids is 1. The number of fused-ring (bicyclic) bond motifs is 1. The Bertz CT molecular complexity index is 992. The van der Waals surface area contributed by atoms with Crippen LogP contribution in [0.3, 0.4) is 0 Å². The Morgan fingerprint density at radius 1 is 1.13 bits per heavy atom. The molecule has 0 saturated carbocycles.